The summed E-state index contributed by atoms with van der Waals surface area (Å²) in [4.78, 5) is 14.8. The number of benzene rings is 2. The van der Waals surface area contributed by atoms with Crippen LogP contribution in [0.4, 0.5) is 0 Å². The normalized spacial score (nSPS) is 16.3. The topological polar surface area (TPSA) is 20.3 Å². The maximum Gasteiger partial charge on any atom is 0.266 e. The molecule has 1 saturated heterocycles. The number of hydrogen-bond donors (Lipinski definition) is 0. The van der Waals surface area contributed by atoms with Crippen molar-refractivity contribution in [3.8, 4) is 0 Å². The molecule has 0 N–H and O–H groups in total. The molecule has 2 nitrogen and oxygen atoms in total. The molecule has 1 heterocycles. The molecule has 2 aromatic rings. The van der Waals surface area contributed by atoms with Crippen LogP contribution in [0.2, 0.25) is 10.0 Å². The molecule has 1 aliphatic heterocycles. The maximum atomic E-state index is 12.6. The Kier molecular flexibility index (Phi) is 5.30. The maximum absolute atomic E-state index is 12.6. The minimum Gasteiger partial charge on any atom is -0.288 e. The van der Waals surface area contributed by atoms with Crippen molar-refractivity contribution in [1.82, 2.24) is 4.90 Å². The fourth-order valence-electron chi connectivity index (χ4n) is 2.27. The Morgan fingerprint density at radius 2 is 1.83 bits per heavy atom. The molecule has 0 radical (unpaired) electrons. The summed E-state index contributed by atoms with van der Waals surface area (Å²) < 4.78 is 0.562. The first-order valence-corrected chi connectivity index (χ1v) is 9.18. The summed E-state index contributed by atoms with van der Waals surface area (Å²) in [5, 5.41) is 0.946. The molecule has 24 heavy (non-hydrogen) atoms. The highest BCUT2D eigenvalue weighted by atomic mass is 35.5. The molecular formula is C18H13Cl2NOS2. The van der Waals surface area contributed by atoms with Crippen LogP contribution in [-0.2, 0) is 11.3 Å². The fraction of sp³-hybridized carbons (Fsp3) is 0.111. The smallest absolute Gasteiger partial charge is 0.266 e. The molecule has 2 aromatic carbocycles. The molecular weight excluding hydrogens is 381 g/mol. The van der Waals surface area contributed by atoms with Crippen molar-refractivity contribution in [3.63, 3.8) is 0 Å². The molecule has 0 atom stereocenters. The van der Waals surface area contributed by atoms with Gasteiger partial charge in [0, 0.05) is 0 Å². The predicted octanol–water partition coefficient (Wildman–Crippen LogP) is 5.70. The highest BCUT2D eigenvalue weighted by molar-refractivity contribution is 8.26. The minimum absolute atomic E-state index is 0.0864. The number of nitrogens with zero attached hydrogens (tertiary/aromatic N) is 1. The molecule has 0 aliphatic carbocycles. The summed E-state index contributed by atoms with van der Waals surface area (Å²) in [6.07, 6.45) is 1.79. The summed E-state index contributed by atoms with van der Waals surface area (Å²) in [7, 11) is 0. The molecule has 1 amide bonds. The van der Waals surface area contributed by atoms with Gasteiger partial charge in [-0.25, -0.2) is 0 Å². The Balaban J connectivity index is 1.81. The second-order valence-electron chi connectivity index (χ2n) is 5.43. The third-order valence-corrected chi connectivity index (χ3v) is 5.69. The van der Waals surface area contributed by atoms with E-state index in [1.807, 2.05) is 37.3 Å². The van der Waals surface area contributed by atoms with E-state index < -0.39 is 0 Å². The zero-order valence-electron chi connectivity index (χ0n) is 12.8. The number of carbonyl (C=O) groups is 1. The summed E-state index contributed by atoms with van der Waals surface area (Å²) in [6.45, 7) is 2.51. The molecule has 6 heteroatoms. The lowest BCUT2D eigenvalue weighted by molar-refractivity contribution is -0.122. The van der Waals surface area contributed by atoms with Gasteiger partial charge in [-0.2, -0.15) is 0 Å². The first kappa shape index (κ1) is 17.5. The number of carbonyl (C=O) groups excluding carboxylic acids is 1. The third kappa shape index (κ3) is 3.83. The first-order valence-electron chi connectivity index (χ1n) is 7.20. The zero-order valence-corrected chi connectivity index (χ0v) is 15.9. The van der Waals surface area contributed by atoms with Crippen LogP contribution in [0.15, 0.2) is 47.4 Å². The molecule has 3 rings (SSSR count). The second kappa shape index (κ2) is 7.28. The summed E-state index contributed by atoms with van der Waals surface area (Å²) >= 11 is 18.6. The van der Waals surface area contributed by atoms with Gasteiger partial charge in [-0.1, -0.05) is 83.1 Å². The predicted molar refractivity (Wildman–Crippen MR) is 106 cm³/mol. The first-order chi connectivity index (χ1) is 11.4. The summed E-state index contributed by atoms with van der Waals surface area (Å²) in [6, 6.07) is 13.3. The van der Waals surface area contributed by atoms with E-state index in [9.17, 15) is 4.79 Å². The standard InChI is InChI=1S/C18H13Cl2NOS2/c1-11-2-4-12(5-3-11)10-21-17(22)16(24-18(21)23)9-13-6-7-14(19)15(20)8-13/h2-9H,10H2,1H3. The number of halogens is 2. The van der Waals surface area contributed by atoms with E-state index in [-0.39, 0.29) is 5.91 Å². The average Bonchev–Trinajstić information content (AvgIpc) is 2.80. The minimum atomic E-state index is -0.0864. The van der Waals surface area contributed by atoms with Crippen molar-refractivity contribution in [1.29, 1.82) is 0 Å². The van der Waals surface area contributed by atoms with Gasteiger partial charge < -0.3 is 0 Å². The molecule has 1 aliphatic rings. The van der Waals surface area contributed by atoms with Crippen molar-refractivity contribution in [3.05, 3.63) is 74.1 Å². The molecule has 1 fully saturated rings. The van der Waals surface area contributed by atoms with Gasteiger partial charge in [0.05, 0.1) is 21.5 Å². The van der Waals surface area contributed by atoms with Crippen LogP contribution >= 0.6 is 47.2 Å². The second-order valence-corrected chi connectivity index (χ2v) is 7.92. The Hall–Kier alpha value is -1.33. The van der Waals surface area contributed by atoms with E-state index in [1.165, 1.54) is 17.3 Å². The lowest BCUT2D eigenvalue weighted by Gasteiger charge is -2.14. The van der Waals surface area contributed by atoms with Crippen LogP contribution in [0, 0.1) is 6.92 Å². The monoisotopic (exact) mass is 393 g/mol. The van der Waals surface area contributed by atoms with Crippen LogP contribution in [-0.4, -0.2) is 15.1 Å². The number of aryl methyl sites for hydroxylation is 1. The van der Waals surface area contributed by atoms with Crippen LogP contribution in [0.5, 0.6) is 0 Å². The fourth-order valence-corrected chi connectivity index (χ4v) is 3.83. The van der Waals surface area contributed by atoms with Gasteiger partial charge in [0.15, 0.2) is 0 Å². The van der Waals surface area contributed by atoms with Gasteiger partial charge in [-0.15, -0.1) is 0 Å². The molecule has 0 spiro atoms. The molecule has 0 unspecified atom stereocenters. The Labute approximate surface area is 160 Å². The number of thioether (sulfide) groups is 1. The lowest BCUT2D eigenvalue weighted by Crippen LogP contribution is -2.27. The highest BCUT2D eigenvalue weighted by Crippen LogP contribution is 2.34. The van der Waals surface area contributed by atoms with Crippen LogP contribution in [0.25, 0.3) is 6.08 Å². The molecule has 0 bridgehead atoms. The zero-order chi connectivity index (χ0) is 17.3. The Morgan fingerprint density at radius 3 is 2.50 bits per heavy atom. The molecule has 0 aromatic heterocycles. The van der Waals surface area contributed by atoms with Gasteiger partial charge in [0.2, 0.25) is 0 Å². The van der Waals surface area contributed by atoms with E-state index in [4.69, 9.17) is 35.4 Å². The van der Waals surface area contributed by atoms with Gasteiger partial charge in [-0.3, -0.25) is 9.69 Å². The Morgan fingerprint density at radius 1 is 1.12 bits per heavy atom. The number of hydrogen-bond acceptors (Lipinski definition) is 3. The van der Waals surface area contributed by atoms with Gasteiger partial charge in [0.25, 0.3) is 5.91 Å². The van der Waals surface area contributed by atoms with Crippen molar-refractivity contribution in [2.45, 2.75) is 13.5 Å². The van der Waals surface area contributed by atoms with E-state index in [2.05, 4.69) is 0 Å². The number of rotatable bonds is 3. The average molecular weight is 394 g/mol. The molecule has 0 saturated carbocycles. The Bertz CT molecular complexity index is 847. The van der Waals surface area contributed by atoms with Crippen molar-refractivity contribution < 1.29 is 4.79 Å². The van der Waals surface area contributed by atoms with Crippen molar-refractivity contribution in [2.24, 2.45) is 0 Å². The van der Waals surface area contributed by atoms with Crippen LogP contribution in [0.3, 0.4) is 0 Å². The number of thiocarbonyl (C=S) groups is 1. The third-order valence-electron chi connectivity index (χ3n) is 3.58. The van der Waals surface area contributed by atoms with E-state index >= 15 is 0 Å². The van der Waals surface area contributed by atoms with E-state index in [0.717, 1.165) is 11.1 Å². The van der Waals surface area contributed by atoms with Crippen LogP contribution in [0.1, 0.15) is 16.7 Å². The lowest BCUT2D eigenvalue weighted by atomic mass is 10.1. The van der Waals surface area contributed by atoms with Crippen molar-refractivity contribution >= 4 is 63.5 Å². The summed E-state index contributed by atoms with van der Waals surface area (Å²) in [5.41, 5.74) is 3.05. The van der Waals surface area contributed by atoms with Gasteiger partial charge in [0.1, 0.15) is 4.32 Å². The number of amides is 1. The van der Waals surface area contributed by atoms with Crippen molar-refractivity contribution in [2.75, 3.05) is 0 Å². The van der Waals surface area contributed by atoms with Crippen LogP contribution < -0.4 is 0 Å². The quantitative estimate of drug-likeness (QED) is 0.492. The summed E-state index contributed by atoms with van der Waals surface area (Å²) in [5.74, 6) is -0.0864. The van der Waals surface area contributed by atoms with E-state index in [1.54, 1.807) is 23.1 Å². The SMILES string of the molecule is Cc1ccc(CN2C(=O)C(=Cc3ccc(Cl)c(Cl)c3)SC2=S)cc1. The highest BCUT2D eigenvalue weighted by Gasteiger charge is 2.31. The largest absolute Gasteiger partial charge is 0.288 e. The van der Waals surface area contributed by atoms with E-state index in [0.29, 0.717) is 25.8 Å². The molecule has 122 valence electrons. The van der Waals surface area contributed by atoms with Gasteiger partial charge >= 0.3 is 0 Å². The van der Waals surface area contributed by atoms with Gasteiger partial charge in [-0.05, 0) is 36.3 Å².